The molecule has 0 bridgehead atoms. The molecule has 1 aromatic carbocycles. The number of fused-ring (bicyclic) bond motifs is 3. The summed E-state index contributed by atoms with van der Waals surface area (Å²) in [6.45, 7) is 9.05. The molecule has 5 aromatic rings. The molecule has 4 aromatic heterocycles. The molecule has 1 unspecified atom stereocenters. The molecule has 11 nitrogen and oxygen atoms in total. The molecule has 8 rings (SSSR count). The van der Waals surface area contributed by atoms with Crippen molar-refractivity contribution in [2.24, 2.45) is 17.1 Å². The molecule has 50 heavy (non-hydrogen) atoms. The van der Waals surface area contributed by atoms with Gasteiger partial charge in [0.05, 0.1) is 35.1 Å². The zero-order valence-electron chi connectivity index (χ0n) is 28.6. The zero-order chi connectivity index (χ0) is 35.1. The van der Waals surface area contributed by atoms with Crippen LogP contribution in [0.3, 0.4) is 0 Å². The number of carbonyl (C=O) groups is 3. The molecule has 3 N–H and O–H groups in total. The number of nitrogens with zero attached hydrogens (tertiary/aromatic N) is 5. The van der Waals surface area contributed by atoms with Crippen LogP contribution in [0.5, 0.6) is 0 Å². The highest BCUT2D eigenvalue weighted by atomic mass is 19.1. The molecule has 1 aliphatic carbocycles. The monoisotopic (exact) mass is 677 g/mol. The minimum Gasteiger partial charge on any atom is -0.444 e. The number of amides is 3. The van der Waals surface area contributed by atoms with Crippen LogP contribution in [0.4, 0.5) is 9.18 Å². The topological polar surface area (TPSA) is 137 Å². The number of ether oxygens (including phenoxy) is 1. The van der Waals surface area contributed by atoms with Gasteiger partial charge in [0.25, 0.3) is 11.8 Å². The normalized spacial score (nSPS) is 20.7. The van der Waals surface area contributed by atoms with E-state index in [0.29, 0.717) is 23.6 Å². The van der Waals surface area contributed by atoms with Crippen molar-refractivity contribution in [3.63, 3.8) is 0 Å². The molecular formula is C38H40FN7O4. The standard InChI is InChI=1S/C38H40FN7O4/c1-20-29-12-9-24(36(48)45-19-26(39)15-31(50-37(40)49)33(45)38(2,3)4)18-46(29)43-32(20)30-14-23-8-11-28(42-34(23)44(30)17-21-5-6-21)22-7-10-27-25(13-22)16-41-35(27)47/h7-14,18,21,26,31,33H,5-6,15-17,19H2,1-4H3,(H2,40,49)(H,41,47)/t26-,31-,33?/m1/s1. The lowest BCUT2D eigenvalue weighted by atomic mass is 9.78. The number of likely N-dealkylation sites (tertiary alicyclic amines) is 1. The molecule has 3 amide bonds. The number of pyridine rings is 2. The number of hydrogen-bond acceptors (Lipinski definition) is 6. The highest BCUT2D eigenvalue weighted by molar-refractivity contribution is 5.99. The average molecular weight is 678 g/mol. The van der Waals surface area contributed by atoms with Gasteiger partial charge in [0.2, 0.25) is 0 Å². The van der Waals surface area contributed by atoms with Gasteiger partial charge in [0.1, 0.15) is 23.6 Å². The van der Waals surface area contributed by atoms with Crippen LogP contribution in [0.1, 0.15) is 71.9 Å². The van der Waals surface area contributed by atoms with Gasteiger partial charge < -0.3 is 25.3 Å². The van der Waals surface area contributed by atoms with Gasteiger partial charge in [-0.15, -0.1) is 0 Å². The molecule has 12 heteroatoms. The second kappa shape index (κ2) is 11.7. The number of rotatable bonds is 6. The number of hydrogen-bond donors (Lipinski definition) is 2. The Morgan fingerprint density at radius 2 is 1.90 bits per heavy atom. The summed E-state index contributed by atoms with van der Waals surface area (Å²) in [7, 11) is 0. The molecule has 2 fully saturated rings. The number of carbonyl (C=O) groups excluding carboxylic acids is 3. The van der Waals surface area contributed by atoms with Crippen LogP contribution in [0, 0.1) is 18.3 Å². The van der Waals surface area contributed by atoms with Crippen LogP contribution >= 0.6 is 0 Å². The summed E-state index contributed by atoms with van der Waals surface area (Å²) < 4.78 is 24.3. The smallest absolute Gasteiger partial charge is 0.404 e. The maximum atomic E-state index is 15.0. The van der Waals surface area contributed by atoms with Gasteiger partial charge >= 0.3 is 6.09 Å². The molecule has 6 heterocycles. The lowest BCUT2D eigenvalue weighted by molar-refractivity contribution is -0.0571. The molecular weight excluding hydrogens is 637 g/mol. The summed E-state index contributed by atoms with van der Waals surface area (Å²) >= 11 is 0. The third kappa shape index (κ3) is 5.56. The summed E-state index contributed by atoms with van der Waals surface area (Å²) in [6, 6.07) is 15.1. The van der Waals surface area contributed by atoms with Crippen molar-refractivity contribution in [3.05, 3.63) is 77.0 Å². The van der Waals surface area contributed by atoms with E-state index in [1.807, 2.05) is 58.0 Å². The third-order valence-corrected chi connectivity index (χ3v) is 10.3. The lowest BCUT2D eigenvalue weighted by Gasteiger charge is -2.47. The second-order valence-electron chi connectivity index (χ2n) is 15.0. The van der Waals surface area contributed by atoms with Gasteiger partial charge in [-0.2, -0.15) is 5.10 Å². The zero-order valence-corrected chi connectivity index (χ0v) is 28.6. The second-order valence-corrected chi connectivity index (χ2v) is 15.0. The first kappa shape index (κ1) is 32.0. The van der Waals surface area contributed by atoms with Crippen molar-refractivity contribution >= 4 is 34.5 Å². The molecule has 2 aliphatic heterocycles. The van der Waals surface area contributed by atoms with E-state index >= 15 is 4.39 Å². The Bertz CT molecular complexity index is 2210. The van der Waals surface area contributed by atoms with Gasteiger partial charge in [-0.25, -0.2) is 18.7 Å². The van der Waals surface area contributed by atoms with Crippen LogP contribution in [0.15, 0.2) is 54.7 Å². The summed E-state index contributed by atoms with van der Waals surface area (Å²) in [5.74, 6) is 0.151. The fourth-order valence-corrected chi connectivity index (χ4v) is 7.81. The van der Waals surface area contributed by atoms with Crippen molar-refractivity contribution in [3.8, 4) is 22.6 Å². The fraction of sp³-hybridized carbons (Fsp3) is 0.395. The van der Waals surface area contributed by atoms with E-state index in [1.54, 1.807) is 16.8 Å². The third-order valence-electron chi connectivity index (χ3n) is 10.3. The first-order valence-corrected chi connectivity index (χ1v) is 17.2. The molecule has 1 saturated carbocycles. The SMILES string of the molecule is Cc1c(-c2cc3ccc(-c4ccc5c(c4)CNC5=O)nc3n2CC2CC2)nn2cc(C(=O)N3C[C@H](F)C[C@@H](OC(N)=O)C3C(C)(C)C)ccc12. The maximum Gasteiger partial charge on any atom is 0.404 e. The summed E-state index contributed by atoms with van der Waals surface area (Å²) in [5, 5.41) is 8.90. The van der Waals surface area contributed by atoms with Crippen LogP contribution in [0.2, 0.25) is 0 Å². The average Bonchev–Trinajstić information content (AvgIpc) is 3.60. The van der Waals surface area contributed by atoms with Gasteiger partial charge in [-0.05, 0) is 79.1 Å². The van der Waals surface area contributed by atoms with E-state index in [1.165, 1.54) is 4.90 Å². The van der Waals surface area contributed by atoms with Gasteiger partial charge in [-0.1, -0.05) is 26.8 Å². The van der Waals surface area contributed by atoms with Gasteiger partial charge in [-0.3, -0.25) is 9.59 Å². The number of aryl methyl sites for hydroxylation is 1. The van der Waals surface area contributed by atoms with Crippen molar-refractivity contribution in [2.75, 3.05) is 6.54 Å². The van der Waals surface area contributed by atoms with E-state index in [4.69, 9.17) is 20.6 Å². The summed E-state index contributed by atoms with van der Waals surface area (Å²) in [5.41, 5.74) is 13.1. The Kier molecular flexibility index (Phi) is 7.46. The van der Waals surface area contributed by atoms with Crippen molar-refractivity contribution in [1.82, 2.24) is 29.4 Å². The molecule has 258 valence electrons. The summed E-state index contributed by atoms with van der Waals surface area (Å²) in [6.07, 6.45) is 0.777. The summed E-state index contributed by atoms with van der Waals surface area (Å²) in [4.78, 5) is 44.5. The molecule has 0 radical (unpaired) electrons. The van der Waals surface area contributed by atoms with Crippen molar-refractivity contribution < 1.29 is 23.5 Å². The Hall–Kier alpha value is -5.26. The lowest BCUT2D eigenvalue weighted by Crippen LogP contribution is -2.61. The molecule has 1 saturated heterocycles. The Labute approximate surface area is 288 Å². The number of benzene rings is 1. The molecule has 3 atom stereocenters. The van der Waals surface area contributed by atoms with Crippen LogP contribution in [-0.2, 0) is 17.8 Å². The van der Waals surface area contributed by atoms with E-state index in [9.17, 15) is 14.4 Å². The number of nitrogens with two attached hydrogens (primary N) is 1. The number of piperidine rings is 1. The Morgan fingerprint density at radius 3 is 2.64 bits per heavy atom. The number of aromatic nitrogens is 4. The Morgan fingerprint density at radius 1 is 1.10 bits per heavy atom. The van der Waals surface area contributed by atoms with Crippen LogP contribution in [-0.4, -0.2) is 66.8 Å². The highest BCUT2D eigenvalue weighted by Gasteiger charge is 2.47. The predicted molar refractivity (Wildman–Crippen MR) is 186 cm³/mol. The predicted octanol–water partition coefficient (Wildman–Crippen LogP) is 6.04. The van der Waals surface area contributed by atoms with E-state index in [2.05, 4.69) is 22.0 Å². The van der Waals surface area contributed by atoms with E-state index in [-0.39, 0.29) is 24.8 Å². The van der Waals surface area contributed by atoms with Gasteiger partial charge in [0.15, 0.2) is 0 Å². The quantitative estimate of drug-likeness (QED) is 0.225. The number of alkyl halides is 1. The molecule has 3 aliphatic rings. The first-order valence-electron chi connectivity index (χ1n) is 17.2. The minimum atomic E-state index is -1.37. The van der Waals surface area contributed by atoms with E-state index in [0.717, 1.165) is 69.7 Å². The minimum absolute atomic E-state index is 0.0214. The fourth-order valence-electron chi connectivity index (χ4n) is 7.81. The molecule has 0 spiro atoms. The van der Waals surface area contributed by atoms with Crippen molar-refractivity contribution in [1.29, 1.82) is 0 Å². The highest BCUT2D eigenvalue weighted by Crippen LogP contribution is 2.39. The van der Waals surface area contributed by atoms with E-state index < -0.39 is 29.8 Å². The van der Waals surface area contributed by atoms with Crippen LogP contribution in [0.25, 0.3) is 39.2 Å². The number of nitrogens with one attached hydrogen (secondary N) is 1. The first-order chi connectivity index (χ1) is 23.9. The maximum absolute atomic E-state index is 15.0. The van der Waals surface area contributed by atoms with Gasteiger partial charge in [0, 0.05) is 47.8 Å². The van der Waals surface area contributed by atoms with Crippen molar-refractivity contribution in [2.45, 2.75) is 78.4 Å². The van der Waals surface area contributed by atoms with Crippen LogP contribution < -0.4 is 11.1 Å². The largest absolute Gasteiger partial charge is 0.444 e. The number of primary amides is 1. The Balaban J connectivity index is 1.17. The number of halogens is 1.